The molecule has 31 heavy (non-hydrogen) atoms. The smallest absolute Gasteiger partial charge is 0.319 e. The molecule has 0 atom stereocenters. The van der Waals surface area contributed by atoms with Gasteiger partial charge in [-0.1, -0.05) is 24.3 Å². The van der Waals surface area contributed by atoms with Gasteiger partial charge in [0, 0.05) is 28.8 Å². The van der Waals surface area contributed by atoms with E-state index in [2.05, 4.69) is 26.6 Å². The van der Waals surface area contributed by atoms with Gasteiger partial charge >= 0.3 is 6.03 Å². The molecule has 1 aliphatic rings. The largest absolute Gasteiger partial charge is 0.497 e. The highest BCUT2D eigenvalue weighted by atomic mass is 79.9. The van der Waals surface area contributed by atoms with Crippen molar-refractivity contribution in [1.82, 2.24) is 5.32 Å². The van der Waals surface area contributed by atoms with Gasteiger partial charge in [0.1, 0.15) is 5.75 Å². The molecule has 0 unspecified atom stereocenters. The lowest BCUT2D eigenvalue weighted by molar-refractivity contribution is 0.0989. The fraction of sp³-hybridized carbons (Fsp3) is 0.167. The van der Waals surface area contributed by atoms with Crippen LogP contribution in [0.5, 0.6) is 5.75 Å². The van der Waals surface area contributed by atoms with Crippen LogP contribution in [0.1, 0.15) is 21.5 Å². The Morgan fingerprint density at radius 3 is 2.58 bits per heavy atom. The topological polar surface area (TPSA) is 70.7 Å². The van der Waals surface area contributed by atoms with Crippen LogP contribution in [-0.2, 0) is 13.0 Å². The number of ether oxygens (including phenoxy) is 1. The van der Waals surface area contributed by atoms with Crippen molar-refractivity contribution in [2.45, 2.75) is 13.0 Å². The number of fused-ring (bicyclic) bond motifs is 1. The van der Waals surface area contributed by atoms with Gasteiger partial charge in [0.15, 0.2) is 0 Å². The van der Waals surface area contributed by atoms with E-state index in [1.807, 2.05) is 42.5 Å². The molecule has 0 radical (unpaired) electrons. The number of hydrogen-bond donors (Lipinski definition) is 2. The Kier molecular flexibility index (Phi) is 6.23. The van der Waals surface area contributed by atoms with Crippen LogP contribution in [0.3, 0.4) is 0 Å². The summed E-state index contributed by atoms with van der Waals surface area (Å²) in [5.74, 6) is 0.672. The second-order valence-electron chi connectivity index (χ2n) is 7.19. The molecule has 1 aliphatic heterocycles. The summed E-state index contributed by atoms with van der Waals surface area (Å²) in [6.07, 6.45) is 0.813. The van der Waals surface area contributed by atoms with Crippen LogP contribution < -0.4 is 20.3 Å². The van der Waals surface area contributed by atoms with Crippen LogP contribution >= 0.6 is 15.9 Å². The normalized spacial score (nSPS) is 12.3. The zero-order valence-corrected chi connectivity index (χ0v) is 18.6. The summed E-state index contributed by atoms with van der Waals surface area (Å²) in [5, 5.41) is 5.68. The first-order valence-corrected chi connectivity index (χ1v) is 10.7. The Balaban J connectivity index is 1.43. The van der Waals surface area contributed by atoms with E-state index in [0.717, 1.165) is 27.7 Å². The predicted molar refractivity (Wildman–Crippen MR) is 125 cm³/mol. The number of amides is 3. The Morgan fingerprint density at radius 2 is 1.84 bits per heavy atom. The van der Waals surface area contributed by atoms with Crippen molar-refractivity contribution in [3.63, 3.8) is 0 Å². The monoisotopic (exact) mass is 479 g/mol. The van der Waals surface area contributed by atoms with Crippen LogP contribution in [0.4, 0.5) is 16.2 Å². The molecular weight excluding hydrogens is 458 g/mol. The summed E-state index contributed by atoms with van der Waals surface area (Å²) < 4.78 is 5.98. The maximum atomic E-state index is 13.0. The van der Waals surface area contributed by atoms with E-state index in [0.29, 0.717) is 30.1 Å². The van der Waals surface area contributed by atoms with E-state index in [1.165, 1.54) is 0 Å². The lowest BCUT2D eigenvalue weighted by Gasteiger charge is -2.18. The lowest BCUT2D eigenvalue weighted by Crippen LogP contribution is -2.29. The average Bonchev–Trinajstić information content (AvgIpc) is 3.22. The molecule has 0 fully saturated rings. The number of halogens is 1. The minimum absolute atomic E-state index is 0.0433. The molecule has 1 heterocycles. The number of para-hydroxylation sites is 1. The molecule has 3 aromatic carbocycles. The second kappa shape index (κ2) is 9.22. The standard InChI is InChI=1S/C24H22BrN3O3/c1-31-19-10-8-18(9-11-19)23(29)28-13-12-17-7-6-16(14-22(17)28)15-26-24(30)27-21-5-3-2-4-20(21)25/h2-11,14H,12-13,15H2,1H3,(H2,26,27,30). The Hall–Kier alpha value is -3.32. The van der Waals surface area contributed by atoms with Crippen LogP contribution in [-0.4, -0.2) is 25.6 Å². The number of anilines is 2. The number of rotatable bonds is 5. The van der Waals surface area contributed by atoms with E-state index in [4.69, 9.17) is 4.74 Å². The molecule has 3 aromatic rings. The number of carbonyl (C=O) groups is 2. The third kappa shape index (κ3) is 4.72. The fourth-order valence-corrected chi connectivity index (χ4v) is 3.93. The highest BCUT2D eigenvalue weighted by Crippen LogP contribution is 2.31. The Bertz CT molecular complexity index is 1120. The molecule has 0 aromatic heterocycles. The molecule has 0 spiro atoms. The molecular formula is C24H22BrN3O3. The van der Waals surface area contributed by atoms with Crippen molar-refractivity contribution in [3.8, 4) is 5.75 Å². The van der Waals surface area contributed by atoms with Gasteiger partial charge < -0.3 is 20.3 Å². The van der Waals surface area contributed by atoms with E-state index in [1.54, 1.807) is 36.3 Å². The van der Waals surface area contributed by atoms with Crippen molar-refractivity contribution < 1.29 is 14.3 Å². The molecule has 0 aliphatic carbocycles. The maximum Gasteiger partial charge on any atom is 0.319 e. The van der Waals surface area contributed by atoms with Crippen LogP contribution in [0.25, 0.3) is 0 Å². The van der Waals surface area contributed by atoms with Gasteiger partial charge in [0.25, 0.3) is 5.91 Å². The first-order chi connectivity index (χ1) is 15.0. The maximum absolute atomic E-state index is 13.0. The van der Waals surface area contributed by atoms with Gasteiger partial charge in [-0.25, -0.2) is 4.79 Å². The van der Waals surface area contributed by atoms with E-state index in [9.17, 15) is 9.59 Å². The predicted octanol–water partition coefficient (Wildman–Crippen LogP) is 4.98. The molecule has 0 saturated heterocycles. The highest BCUT2D eigenvalue weighted by molar-refractivity contribution is 9.10. The average molecular weight is 480 g/mol. The zero-order valence-electron chi connectivity index (χ0n) is 17.0. The lowest BCUT2D eigenvalue weighted by atomic mass is 10.1. The SMILES string of the molecule is COc1ccc(C(=O)N2CCc3ccc(CNC(=O)Nc4ccccc4Br)cc32)cc1. The number of nitrogens with one attached hydrogen (secondary N) is 2. The van der Waals surface area contributed by atoms with E-state index < -0.39 is 0 Å². The summed E-state index contributed by atoms with van der Waals surface area (Å²) in [7, 11) is 1.60. The number of methoxy groups -OCH3 is 1. The zero-order chi connectivity index (χ0) is 21.8. The Morgan fingerprint density at radius 1 is 1.06 bits per heavy atom. The van der Waals surface area contributed by atoms with Crippen molar-refractivity contribution >= 4 is 39.2 Å². The van der Waals surface area contributed by atoms with Crippen LogP contribution in [0.15, 0.2) is 71.2 Å². The van der Waals surface area contributed by atoms with Gasteiger partial charge in [-0.15, -0.1) is 0 Å². The molecule has 3 amide bonds. The summed E-state index contributed by atoms with van der Waals surface area (Å²) in [4.78, 5) is 27.1. The third-order valence-electron chi connectivity index (χ3n) is 5.20. The number of hydrogen-bond acceptors (Lipinski definition) is 3. The number of nitrogens with zero attached hydrogens (tertiary/aromatic N) is 1. The molecule has 158 valence electrons. The summed E-state index contributed by atoms with van der Waals surface area (Å²) in [6.45, 7) is 0.994. The summed E-state index contributed by atoms with van der Waals surface area (Å²) in [6, 6.07) is 20.2. The molecule has 6 nitrogen and oxygen atoms in total. The Labute approximate surface area is 189 Å². The van der Waals surface area contributed by atoms with Crippen molar-refractivity contribution in [2.24, 2.45) is 0 Å². The summed E-state index contributed by atoms with van der Waals surface area (Å²) in [5.41, 5.74) is 4.26. The second-order valence-corrected chi connectivity index (χ2v) is 8.04. The van der Waals surface area contributed by atoms with Gasteiger partial charge in [-0.2, -0.15) is 0 Å². The fourth-order valence-electron chi connectivity index (χ4n) is 3.55. The molecule has 7 heteroatoms. The van der Waals surface area contributed by atoms with E-state index in [-0.39, 0.29) is 11.9 Å². The van der Waals surface area contributed by atoms with Crippen molar-refractivity contribution in [3.05, 3.63) is 87.9 Å². The minimum atomic E-state index is -0.293. The first kappa shape index (κ1) is 20.9. The molecule has 4 rings (SSSR count). The molecule has 0 bridgehead atoms. The first-order valence-electron chi connectivity index (χ1n) is 9.92. The van der Waals surface area contributed by atoms with Crippen LogP contribution in [0.2, 0.25) is 0 Å². The summed E-state index contributed by atoms with van der Waals surface area (Å²) >= 11 is 3.41. The minimum Gasteiger partial charge on any atom is -0.497 e. The van der Waals surface area contributed by atoms with E-state index >= 15 is 0 Å². The van der Waals surface area contributed by atoms with Crippen molar-refractivity contribution in [2.75, 3.05) is 23.9 Å². The van der Waals surface area contributed by atoms with Gasteiger partial charge in [-0.3, -0.25) is 4.79 Å². The van der Waals surface area contributed by atoms with Gasteiger partial charge in [0.05, 0.1) is 12.8 Å². The third-order valence-corrected chi connectivity index (χ3v) is 5.89. The van der Waals surface area contributed by atoms with Gasteiger partial charge in [0.2, 0.25) is 0 Å². The van der Waals surface area contributed by atoms with Crippen LogP contribution in [0, 0.1) is 0 Å². The molecule has 2 N–H and O–H groups in total. The quantitative estimate of drug-likeness (QED) is 0.541. The van der Waals surface area contributed by atoms with Gasteiger partial charge in [-0.05, 0) is 75.9 Å². The molecule has 0 saturated carbocycles. The highest BCUT2D eigenvalue weighted by Gasteiger charge is 2.26. The number of carbonyl (C=O) groups excluding carboxylic acids is 2. The van der Waals surface area contributed by atoms with Crippen molar-refractivity contribution in [1.29, 1.82) is 0 Å². The number of benzene rings is 3. The number of urea groups is 1.